The first-order chi connectivity index (χ1) is 10.7. The second-order valence-corrected chi connectivity index (χ2v) is 5.20. The van der Waals surface area contributed by atoms with Gasteiger partial charge in [0.15, 0.2) is 5.82 Å². The number of hydrogen-bond donors (Lipinski definition) is 1. The lowest BCUT2D eigenvalue weighted by atomic mass is 10.0. The molecular weight excluding hydrogens is 284 g/mol. The average Bonchev–Trinajstić information content (AvgIpc) is 3.09. The molecule has 1 atom stereocenters. The third-order valence-corrected chi connectivity index (χ3v) is 3.78. The third-order valence-electron chi connectivity index (χ3n) is 3.78. The minimum atomic E-state index is -0.950. The van der Waals surface area contributed by atoms with Crippen LogP contribution in [0.1, 0.15) is 29.6 Å². The molecule has 1 aliphatic heterocycles. The second kappa shape index (κ2) is 5.97. The number of carboxylic acid groups (broad SMARTS) is 1. The molecule has 1 fully saturated rings. The van der Waals surface area contributed by atoms with Crippen molar-refractivity contribution in [3.8, 4) is 5.82 Å². The van der Waals surface area contributed by atoms with Crippen molar-refractivity contribution in [3.05, 3.63) is 42.4 Å². The van der Waals surface area contributed by atoms with E-state index in [0.29, 0.717) is 24.3 Å². The van der Waals surface area contributed by atoms with E-state index < -0.39 is 12.0 Å². The number of amides is 1. The van der Waals surface area contributed by atoms with Crippen molar-refractivity contribution in [3.63, 3.8) is 0 Å². The van der Waals surface area contributed by atoms with Crippen LogP contribution in [0.25, 0.3) is 5.82 Å². The molecule has 0 aliphatic carbocycles. The predicted octanol–water partition coefficient (Wildman–Crippen LogP) is 1.35. The average molecular weight is 300 g/mol. The van der Waals surface area contributed by atoms with Crippen LogP contribution in [-0.2, 0) is 4.79 Å². The molecule has 3 rings (SSSR count). The zero-order valence-electron chi connectivity index (χ0n) is 11.9. The summed E-state index contributed by atoms with van der Waals surface area (Å²) >= 11 is 0. The summed E-state index contributed by atoms with van der Waals surface area (Å²) in [4.78, 5) is 29.6. The molecule has 7 heteroatoms. The highest BCUT2D eigenvalue weighted by molar-refractivity contribution is 5.97. The summed E-state index contributed by atoms with van der Waals surface area (Å²) in [5, 5.41) is 13.4. The van der Waals surface area contributed by atoms with Crippen molar-refractivity contribution < 1.29 is 14.7 Å². The van der Waals surface area contributed by atoms with Crippen molar-refractivity contribution in [2.75, 3.05) is 6.54 Å². The van der Waals surface area contributed by atoms with Gasteiger partial charge < -0.3 is 10.0 Å². The standard InChI is InChI=1S/C15H16N4O3/c20-14(18-8-2-1-4-12(18)15(21)22)11-5-7-16-13(10-11)19-9-3-6-17-19/h3,5-7,9-10,12H,1-2,4,8H2,(H,21,22). The van der Waals surface area contributed by atoms with Crippen LogP contribution in [0, 0.1) is 0 Å². The zero-order chi connectivity index (χ0) is 15.5. The van der Waals surface area contributed by atoms with Crippen LogP contribution in [0.15, 0.2) is 36.8 Å². The Labute approximate surface area is 127 Å². The van der Waals surface area contributed by atoms with Gasteiger partial charge in [0.25, 0.3) is 5.91 Å². The fraction of sp³-hybridized carbons (Fsp3) is 0.333. The van der Waals surface area contributed by atoms with E-state index in [-0.39, 0.29) is 5.91 Å². The largest absolute Gasteiger partial charge is 0.480 e. The maximum absolute atomic E-state index is 12.6. The third kappa shape index (κ3) is 2.69. The van der Waals surface area contributed by atoms with E-state index in [1.807, 2.05) is 0 Å². The van der Waals surface area contributed by atoms with Crippen molar-refractivity contribution in [1.29, 1.82) is 0 Å². The topological polar surface area (TPSA) is 88.3 Å². The van der Waals surface area contributed by atoms with Gasteiger partial charge >= 0.3 is 5.97 Å². The SMILES string of the molecule is O=C(O)C1CCCCN1C(=O)c1ccnc(-n2cccn2)c1. The highest BCUT2D eigenvalue weighted by Gasteiger charge is 2.32. The highest BCUT2D eigenvalue weighted by atomic mass is 16.4. The van der Waals surface area contributed by atoms with Crippen LogP contribution in [0.5, 0.6) is 0 Å². The lowest BCUT2D eigenvalue weighted by Crippen LogP contribution is -2.48. The Morgan fingerprint density at radius 2 is 2.14 bits per heavy atom. The molecule has 0 saturated carbocycles. The number of aromatic nitrogens is 3. The number of pyridine rings is 1. The second-order valence-electron chi connectivity index (χ2n) is 5.20. The van der Waals surface area contributed by atoms with Gasteiger partial charge in [-0.1, -0.05) is 0 Å². The van der Waals surface area contributed by atoms with Gasteiger partial charge in [0.05, 0.1) is 0 Å². The molecule has 22 heavy (non-hydrogen) atoms. The maximum Gasteiger partial charge on any atom is 0.326 e. The molecule has 3 heterocycles. The van der Waals surface area contributed by atoms with E-state index in [0.717, 1.165) is 12.8 Å². The molecule has 1 amide bonds. The van der Waals surface area contributed by atoms with Crippen LogP contribution < -0.4 is 0 Å². The Morgan fingerprint density at radius 3 is 2.86 bits per heavy atom. The van der Waals surface area contributed by atoms with E-state index in [2.05, 4.69) is 10.1 Å². The Morgan fingerprint density at radius 1 is 1.27 bits per heavy atom. The lowest BCUT2D eigenvalue weighted by molar-refractivity contribution is -0.143. The Bertz CT molecular complexity index is 684. The van der Waals surface area contributed by atoms with E-state index in [1.54, 1.807) is 35.3 Å². The first-order valence-corrected chi connectivity index (χ1v) is 7.16. The van der Waals surface area contributed by atoms with Gasteiger partial charge in [-0.25, -0.2) is 14.5 Å². The Hall–Kier alpha value is -2.70. The number of aliphatic carboxylic acids is 1. The molecule has 0 aromatic carbocycles. The van der Waals surface area contributed by atoms with E-state index in [1.165, 1.54) is 11.1 Å². The molecule has 2 aromatic rings. The number of carboxylic acids is 1. The first kappa shape index (κ1) is 14.2. The quantitative estimate of drug-likeness (QED) is 0.924. The maximum atomic E-state index is 12.6. The van der Waals surface area contributed by atoms with Gasteiger partial charge in [-0.05, 0) is 37.5 Å². The summed E-state index contributed by atoms with van der Waals surface area (Å²) in [5.74, 6) is -0.697. The molecule has 114 valence electrons. The summed E-state index contributed by atoms with van der Waals surface area (Å²) in [6, 6.07) is 4.25. The normalized spacial score (nSPS) is 18.2. The van der Waals surface area contributed by atoms with Crippen molar-refractivity contribution >= 4 is 11.9 Å². The summed E-state index contributed by atoms with van der Waals surface area (Å²) in [7, 11) is 0. The summed E-state index contributed by atoms with van der Waals surface area (Å²) in [6.45, 7) is 0.467. The fourth-order valence-corrected chi connectivity index (χ4v) is 2.68. The highest BCUT2D eigenvalue weighted by Crippen LogP contribution is 2.20. The molecule has 1 unspecified atom stereocenters. The van der Waals surface area contributed by atoms with Gasteiger partial charge in [-0.2, -0.15) is 5.10 Å². The van der Waals surface area contributed by atoms with E-state index >= 15 is 0 Å². The molecular formula is C15H16N4O3. The minimum absolute atomic E-state index is 0.275. The Kier molecular flexibility index (Phi) is 3.86. The van der Waals surface area contributed by atoms with Crippen molar-refractivity contribution in [1.82, 2.24) is 19.7 Å². The van der Waals surface area contributed by atoms with Gasteiger partial charge in [0, 0.05) is 30.7 Å². The molecule has 0 spiro atoms. The fourth-order valence-electron chi connectivity index (χ4n) is 2.68. The predicted molar refractivity (Wildman–Crippen MR) is 77.7 cm³/mol. The minimum Gasteiger partial charge on any atom is -0.480 e. The van der Waals surface area contributed by atoms with Gasteiger partial charge in [0.2, 0.25) is 0 Å². The first-order valence-electron chi connectivity index (χ1n) is 7.16. The summed E-state index contributed by atoms with van der Waals surface area (Å²) < 4.78 is 1.56. The van der Waals surface area contributed by atoms with Gasteiger partial charge in [0.1, 0.15) is 6.04 Å². The number of nitrogens with zero attached hydrogens (tertiary/aromatic N) is 4. The molecule has 0 bridgehead atoms. The number of rotatable bonds is 3. The number of piperidine rings is 1. The molecule has 1 aliphatic rings. The van der Waals surface area contributed by atoms with Crippen LogP contribution >= 0.6 is 0 Å². The van der Waals surface area contributed by atoms with Crippen molar-refractivity contribution in [2.45, 2.75) is 25.3 Å². The van der Waals surface area contributed by atoms with Gasteiger partial charge in [-0.3, -0.25) is 4.79 Å². The van der Waals surface area contributed by atoms with Crippen LogP contribution in [-0.4, -0.2) is 49.2 Å². The van der Waals surface area contributed by atoms with Crippen molar-refractivity contribution in [2.24, 2.45) is 0 Å². The lowest BCUT2D eigenvalue weighted by Gasteiger charge is -2.33. The van der Waals surface area contributed by atoms with Gasteiger partial charge in [-0.15, -0.1) is 0 Å². The molecule has 2 aromatic heterocycles. The number of hydrogen-bond acceptors (Lipinski definition) is 4. The molecule has 1 N–H and O–H groups in total. The number of likely N-dealkylation sites (tertiary alicyclic amines) is 1. The molecule has 0 radical (unpaired) electrons. The monoisotopic (exact) mass is 300 g/mol. The number of carbonyl (C=O) groups is 2. The molecule has 1 saturated heterocycles. The smallest absolute Gasteiger partial charge is 0.326 e. The van der Waals surface area contributed by atoms with Crippen LogP contribution in [0.4, 0.5) is 0 Å². The van der Waals surface area contributed by atoms with E-state index in [4.69, 9.17) is 0 Å². The zero-order valence-corrected chi connectivity index (χ0v) is 11.9. The summed E-state index contributed by atoms with van der Waals surface area (Å²) in [6.07, 6.45) is 7.04. The molecule has 7 nitrogen and oxygen atoms in total. The summed E-state index contributed by atoms with van der Waals surface area (Å²) in [5.41, 5.74) is 0.425. The van der Waals surface area contributed by atoms with Crippen LogP contribution in [0.3, 0.4) is 0 Å². The van der Waals surface area contributed by atoms with E-state index in [9.17, 15) is 14.7 Å². The Balaban J connectivity index is 1.88. The van der Waals surface area contributed by atoms with Crippen LogP contribution in [0.2, 0.25) is 0 Å². The number of carbonyl (C=O) groups excluding carboxylic acids is 1.